The molecular formula is C17H33ClN2O4. The summed E-state index contributed by atoms with van der Waals surface area (Å²) in [4.78, 5) is 14.2. The Bertz CT molecular complexity index is 395. The predicted molar refractivity (Wildman–Crippen MR) is 95.1 cm³/mol. The molecule has 2 fully saturated rings. The number of rotatable bonds is 9. The Hall–Kier alpha value is -0.400. The maximum Gasteiger partial charge on any atom is 0.227 e. The monoisotopic (exact) mass is 364 g/mol. The van der Waals surface area contributed by atoms with Gasteiger partial charge in [-0.25, -0.2) is 0 Å². The average Bonchev–Trinajstić information content (AvgIpc) is 3.06. The molecule has 0 heterocycles. The molecule has 2 saturated carbocycles. The molecule has 5 atom stereocenters. The van der Waals surface area contributed by atoms with Crippen molar-refractivity contribution in [2.75, 3.05) is 33.4 Å². The lowest BCUT2D eigenvalue weighted by Gasteiger charge is -2.31. The number of ether oxygens (including phenoxy) is 2. The van der Waals surface area contributed by atoms with Gasteiger partial charge in [-0.2, -0.15) is 0 Å². The number of aliphatic hydroxyl groups excluding tert-OH is 1. The topological polar surface area (TPSA) is 85.0 Å². The van der Waals surface area contributed by atoms with Gasteiger partial charge in [0.1, 0.15) is 0 Å². The molecule has 5 unspecified atom stereocenters. The van der Waals surface area contributed by atoms with Crippen LogP contribution < -0.4 is 5.73 Å². The van der Waals surface area contributed by atoms with E-state index in [0.717, 1.165) is 19.3 Å². The van der Waals surface area contributed by atoms with E-state index in [2.05, 4.69) is 0 Å². The Labute approximate surface area is 151 Å². The Balaban J connectivity index is 0.00000288. The van der Waals surface area contributed by atoms with Gasteiger partial charge in [0.05, 0.1) is 37.9 Å². The second-order valence-corrected chi connectivity index (χ2v) is 7.30. The third-order valence-corrected chi connectivity index (χ3v) is 5.12. The average molecular weight is 365 g/mol. The first kappa shape index (κ1) is 21.6. The second kappa shape index (κ2) is 9.92. The third-order valence-electron chi connectivity index (χ3n) is 5.12. The number of carbonyl (C=O) groups is 1. The van der Waals surface area contributed by atoms with E-state index in [1.165, 1.54) is 0 Å². The largest absolute Gasteiger partial charge is 0.389 e. The number of nitrogens with zero attached hydrogens (tertiary/aromatic N) is 1. The molecule has 0 aliphatic heterocycles. The van der Waals surface area contributed by atoms with Crippen LogP contribution in [0.2, 0.25) is 0 Å². The number of aliphatic hydroxyl groups is 1. The van der Waals surface area contributed by atoms with Crippen LogP contribution >= 0.6 is 12.4 Å². The smallest absolute Gasteiger partial charge is 0.227 e. The Kier molecular flexibility index (Phi) is 8.95. The first-order chi connectivity index (χ1) is 10.9. The van der Waals surface area contributed by atoms with Crippen LogP contribution in [-0.2, 0) is 14.3 Å². The highest BCUT2D eigenvalue weighted by Crippen LogP contribution is 2.48. The molecule has 0 spiro atoms. The fraction of sp³-hybridized carbons (Fsp3) is 0.941. The fourth-order valence-corrected chi connectivity index (χ4v) is 3.98. The number of fused-ring (bicyclic) bond motifs is 2. The minimum Gasteiger partial charge on any atom is -0.389 e. The van der Waals surface area contributed by atoms with Crippen molar-refractivity contribution in [3.8, 4) is 0 Å². The molecule has 2 aliphatic carbocycles. The Morgan fingerprint density at radius 2 is 1.96 bits per heavy atom. The molecule has 2 rings (SSSR count). The minimum absolute atomic E-state index is 0. The molecule has 3 N–H and O–H groups in total. The van der Waals surface area contributed by atoms with Gasteiger partial charge in [0.2, 0.25) is 5.91 Å². The standard InChI is InChI=1S/C17H32N2O4.ClH/c1-11(2)23-7-6-22-10-14(20)9-19(3)17(21)15-12-4-5-13(8-12)16(15)18;/h11-16,20H,4-10,18H2,1-3H3;1H. The number of halogens is 1. The maximum atomic E-state index is 12.6. The molecule has 0 aromatic rings. The van der Waals surface area contributed by atoms with Gasteiger partial charge in [-0.05, 0) is 44.9 Å². The molecule has 0 aromatic carbocycles. The van der Waals surface area contributed by atoms with Crippen LogP contribution in [0.25, 0.3) is 0 Å². The zero-order valence-corrected chi connectivity index (χ0v) is 15.8. The highest BCUT2D eigenvalue weighted by molar-refractivity contribution is 5.85. The Morgan fingerprint density at radius 1 is 1.29 bits per heavy atom. The molecular weight excluding hydrogens is 332 g/mol. The highest BCUT2D eigenvalue weighted by Gasteiger charge is 2.49. The number of carbonyl (C=O) groups excluding carboxylic acids is 1. The Morgan fingerprint density at radius 3 is 2.54 bits per heavy atom. The van der Waals surface area contributed by atoms with Gasteiger partial charge in [-0.3, -0.25) is 4.79 Å². The summed E-state index contributed by atoms with van der Waals surface area (Å²) in [6.07, 6.45) is 2.86. The van der Waals surface area contributed by atoms with E-state index < -0.39 is 6.10 Å². The van der Waals surface area contributed by atoms with Gasteiger partial charge in [0.15, 0.2) is 0 Å². The zero-order valence-electron chi connectivity index (χ0n) is 15.0. The third kappa shape index (κ3) is 5.56. The van der Waals surface area contributed by atoms with Crippen molar-refractivity contribution < 1.29 is 19.4 Å². The van der Waals surface area contributed by atoms with Gasteiger partial charge in [-0.1, -0.05) is 0 Å². The van der Waals surface area contributed by atoms with Crippen LogP contribution in [0.5, 0.6) is 0 Å². The summed E-state index contributed by atoms with van der Waals surface area (Å²) in [6, 6.07) is -0.00900. The predicted octanol–water partition coefficient (Wildman–Crippen LogP) is 1.04. The van der Waals surface area contributed by atoms with E-state index in [0.29, 0.717) is 25.0 Å². The van der Waals surface area contributed by atoms with E-state index in [1.54, 1.807) is 11.9 Å². The fourth-order valence-electron chi connectivity index (χ4n) is 3.98. The van der Waals surface area contributed by atoms with Crippen LogP contribution in [0.4, 0.5) is 0 Å². The molecule has 7 heteroatoms. The number of hydrogen-bond donors (Lipinski definition) is 2. The lowest BCUT2D eigenvalue weighted by molar-refractivity contribution is -0.138. The number of likely N-dealkylation sites (N-methyl/N-ethyl adjacent to an activating group) is 1. The van der Waals surface area contributed by atoms with Crippen LogP contribution in [0.1, 0.15) is 33.1 Å². The van der Waals surface area contributed by atoms with Gasteiger partial charge >= 0.3 is 0 Å². The summed E-state index contributed by atoms with van der Waals surface area (Å²) < 4.78 is 10.8. The molecule has 24 heavy (non-hydrogen) atoms. The van der Waals surface area contributed by atoms with E-state index in [-0.39, 0.29) is 49.5 Å². The van der Waals surface area contributed by atoms with E-state index in [4.69, 9.17) is 15.2 Å². The van der Waals surface area contributed by atoms with Crippen LogP contribution in [-0.4, -0.2) is 67.6 Å². The minimum atomic E-state index is -0.683. The second-order valence-electron chi connectivity index (χ2n) is 7.30. The molecule has 0 saturated heterocycles. The molecule has 1 amide bonds. The molecule has 0 aromatic heterocycles. The molecule has 142 valence electrons. The van der Waals surface area contributed by atoms with Gasteiger partial charge in [0, 0.05) is 19.6 Å². The number of amides is 1. The molecule has 0 radical (unpaired) electrons. The summed E-state index contributed by atoms with van der Waals surface area (Å²) in [7, 11) is 1.74. The first-order valence-corrected chi connectivity index (χ1v) is 8.78. The van der Waals surface area contributed by atoms with E-state index in [1.807, 2.05) is 13.8 Å². The van der Waals surface area contributed by atoms with Gasteiger partial charge < -0.3 is 25.2 Å². The van der Waals surface area contributed by atoms with Crippen molar-refractivity contribution in [3.63, 3.8) is 0 Å². The van der Waals surface area contributed by atoms with Crippen molar-refractivity contribution in [2.24, 2.45) is 23.5 Å². The summed E-state index contributed by atoms with van der Waals surface area (Å²) in [5, 5.41) is 10.0. The maximum absolute atomic E-state index is 12.6. The first-order valence-electron chi connectivity index (χ1n) is 8.78. The van der Waals surface area contributed by atoms with Gasteiger partial charge in [0.25, 0.3) is 0 Å². The summed E-state index contributed by atoms with van der Waals surface area (Å²) in [5.41, 5.74) is 6.22. The van der Waals surface area contributed by atoms with Crippen LogP contribution in [0.15, 0.2) is 0 Å². The van der Waals surface area contributed by atoms with Crippen LogP contribution in [0.3, 0.4) is 0 Å². The summed E-state index contributed by atoms with van der Waals surface area (Å²) in [6.45, 7) is 5.39. The van der Waals surface area contributed by atoms with Crippen LogP contribution in [0, 0.1) is 17.8 Å². The summed E-state index contributed by atoms with van der Waals surface area (Å²) in [5.74, 6) is 0.960. The normalized spacial score (nSPS) is 29.6. The van der Waals surface area contributed by atoms with Crippen molar-refractivity contribution in [1.29, 1.82) is 0 Å². The lowest BCUT2D eigenvalue weighted by atomic mass is 9.84. The lowest BCUT2D eigenvalue weighted by Crippen LogP contribution is -2.48. The quantitative estimate of drug-likeness (QED) is 0.597. The van der Waals surface area contributed by atoms with Crippen molar-refractivity contribution in [1.82, 2.24) is 4.90 Å². The summed E-state index contributed by atoms with van der Waals surface area (Å²) >= 11 is 0. The number of nitrogens with two attached hydrogens (primary N) is 1. The van der Waals surface area contributed by atoms with Crippen molar-refractivity contribution >= 4 is 18.3 Å². The van der Waals surface area contributed by atoms with E-state index in [9.17, 15) is 9.90 Å². The van der Waals surface area contributed by atoms with E-state index >= 15 is 0 Å². The van der Waals surface area contributed by atoms with Crippen molar-refractivity contribution in [3.05, 3.63) is 0 Å². The zero-order chi connectivity index (χ0) is 17.0. The number of hydrogen-bond acceptors (Lipinski definition) is 5. The molecule has 2 aliphatic rings. The van der Waals surface area contributed by atoms with Gasteiger partial charge in [-0.15, -0.1) is 12.4 Å². The highest BCUT2D eigenvalue weighted by atomic mass is 35.5. The molecule has 6 nitrogen and oxygen atoms in total. The molecule has 2 bridgehead atoms. The SMILES string of the molecule is CC(C)OCCOCC(O)CN(C)C(=O)C1C2CCC(C2)C1N.Cl. The van der Waals surface area contributed by atoms with Crippen molar-refractivity contribution in [2.45, 2.75) is 51.4 Å².